The smallest absolute Gasteiger partial charge is 0.137 e. The molecule has 1 aliphatic carbocycles. The lowest BCUT2D eigenvalue weighted by molar-refractivity contribution is 0.0569. The highest BCUT2D eigenvalue weighted by Gasteiger charge is 2.41. The molecule has 1 unspecified atom stereocenters. The minimum Gasteiger partial charge on any atom is -0.302 e. The molecule has 1 fully saturated rings. The molecule has 21 heavy (non-hydrogen) atoms. The first-order chi connectivity index (χ1) is 9.99. The van der Waals surface area contributed by atoms with Crippen molar-refractivity contribution in [2.45, 2.75) is 50.1 Å². The molecular formula is C16H25BrFN3. The first-order valence-electron chi connectivity index (χ1n) is 7.57. The average molecular weight is 358 g/mol. The summed E-state index contributed by atoms with van der Waals surface area (Å²) in [6, 6.07) is 5.36. The van der Waals surface area contributed by atoms with E-state index in [0.717, 1.165) is 24.8 Å². The van der Waals surface area contributed by atoms with Crippen LogP contribution in [0, 0.1) is 5.82 Å². The molecule has 0 spiro atoms. The number of nitrogens with zero attached hydrogens (tertiary/aromatic N) is 1. The Bertz CT molecular complexity index is 473. The van der Waals surface area contributed by atoms with E-state index in [2.05, 4.69) is 40.4 Å². The normalized spacial score (nSPS) is 19.7. The van der Waals surface area contributed by atoms with Crippen LogP contribution >= 0.6 is 15.9 Å². The number of rotatable bonds is 5. The van der Waals surface area contributed by atoms with Crippen LogP contribution in [0.2, 0.25) is 0 Å². The monoisotopic (exact) mass is 357 g/mol. The van der Waals surface area contributed by atoms with Gasteiger partial charge in [-0.3, -0.25) is 11.3 Å². The molecule has 1 atom stereocenters. The van der Waals surface area contributed by atoms with Gasteiger partial charge in [0, 0.05) is 11.6 Å². The second-order valence-electron chi connectivity index (χ2n) is 6.23. The zero-order valence-corrected chi connectivity index (χ0v) is 14.4. The summed E-state index contributed by atoms with van der Waals surface area (Å²) in [4.78, 5) is 2.31. The maximum absolute atomic E-state index is 13.4. The molecule has 1 saturated carbocycles. The van der Waals surface area contributed by atoms with Crippen LogP contribution in [0.4, 0.5) is 4.39 Å². The van der Waals surface area contributed by atoms with Crippen LogP contribution in [0.1, 0.15) is 37.7 Å². The zero-order valence-electron chi connectivity index (χ0n) is 12.8. The molecule has 1 aliphatic rings. The number of hydrazine groups is 1. The predicted octanol–water partition coefficient (Wildman–Crippen LogP) is 3.23. The highest BCUT2D eigenvalue weighted by atomic mass is 79.9. The van der Waals surface area contributed by atoms with Crippen molar-refractivity contribution in [3.63, 3.8) is 0 Å². The molecule has 0 aliphatic heterocycles. The van der Waals surface area contributed by atoms with Crippen molar-refractivity contribution in [2.75, 3.05) is 14.1 Å². The van der Waals surface area contributed by atoms with E-state index in [1.165, 1.54) is 25.3 Å². The van der Waals surface area contributed by atoms with Crippen molar-refractivity contribution in [2.24, 2.45) is 5.84 Å². The molecule has 0 radical (unpaired) electrons. The standard InChI is InChI=1S/C16H25BrFN3/c1-21(2)16(8-4-3-5-9-16)15(20-19)11-12-6-7-14(18)13(17)10-12/h6-7,10,15,20H,3-5,8-9,11,19H2,1-2H3. The molecule has 2 rings (SSSR count). The van der Waals surface area contributed by atoms with Gasteiger partial charge < -0.3 is 4.90 Å². The summed E-state index contributed by atoms with van der Waals surface area (Å²) in [5.74, 6) is 5.65. The molecule has 1 aromatic carbocycles. The molecule has 0 heterocycles. The Kier molecular flexibility index (Phi) is 5.77. The van der Waals surface area contributed by atoms with Gasteiger partial charge in [-0.2, -0.15) is 0 Å². The fraction of sp³-hybridized carbons (Fsp3) is 0.625. The highest BCUT2D eigenvalue weighted by molar-refractivity contribution is 9.10. The van der Waals surface area contributed by atoms with Gasteiger partial charge in [0.2, 0.25) is 0 Å². The van der Waals surface area contributed by atoms with Gasteiger partial charge in [-0.1, -0.05) is 25.3 Å². The Labute approximate surface area is 135 Å². The zero-order chi connectivity index (χ0) is 15.5. The lowest BCUT2D eigenvalue weighted by Crippen LogP contribution is -2.62. The Hall–Kier alpha value is -0.490. The van der Waals surface area contributed by atoms with Crippen LogP contribution < -0.4 is 11.3 Å². The fourth-order valence-electron chi connectivity index (χ4n) is 3.58. The largest absolute Gasteiger partial charge is 0.302 e. The van der Waals surface area contributed by atoms with Crippen molar-refractivity contribution in [1.29, 1.82) is 0 Å². The molecule has 3 nitrogen and oxygen atoms in total. The Balaban J connectivity index is 2.22. The van der Waals surface area contributed by atoms with Gasteiger partial charge in [0.25, 0.3) is 0 Å². The molecule has 3 N–H and O–H groups in total. The summed E-state index contributed by atoms with van der Waals surface area (Å²) in [6.07, 6.45) is 6.88. The van der Waals surface area contributed by atoms with Crippen LogP contribution in [-0.2, 0) is 6.42 Å². The number of nitrogens with two attached hydrogens (primary N) is 1. The Morgan fingerprint density at radius 2 is 2.00 bits per heavy atom. The van der Waals surface area contributed by atoms with Crippen molar-refractivity contribution < 1.29 is 4.39 Å². The predicted molar refractivity (Wildman–Crippen MR) is 88.4 cm³/mol. The summed E-state index contributed by atoms with van der Waals surface area (Å²) in [5.41, 5.74) is 4.20. The maximum atomic E-state index is 13.4. The first kappa shape index (κ1) is 16.9. The number of halogens is 2. The minimum absolute atomic E-state index is 0.0772. The van der Waals surface area contributed by atoms with Crippen molar-refractivity contribution in [3.05, 3.63) is 34.1 Å². The van der Waals surface area contributed by atoms with Crippen molar-refractivity contribution in [3.8, 4) is 0 Å². The van der Waals surface area contributed by atoms with Gasteiger partial charge in [-0.15, -0.1) is 0 Å². The van der Waals surface area contributed by atoms with Crippen molar-refractivity contribution >= 4 is 15.9 Å². The van der Waals surface area contributed by atoms with Gasteiger partial charge in [-0.05, 0) is 67.0 Å². The lowest BCUT2D eigenvalue weighted by Gasteiger charge is -2.48. The minimum atomic E-state index is -0.226. The van der Waals surface area contributed by atoms with E-state index in [0.29, 0.717) is 4.47 Å². The Morgan fingerprint density at radius 1 is 1.33 bits per heavy atom. The number of hydrogen-bond donors (Lipinski definition) is 2. The molecule has 118 valence electrons. The third-order valence-corrected chi connectivity index (χ3v) is 5.49. The van der Waals surface area contributed by atoms with Gasteiger partial charge in [0.1, 0.15) is 5.82 Å². The first-order valence-corrected chi connectivity index (χ1v) is 8.36. The van der Waals surface area contributed by atoms with E-state index in [1.807, 2.05) is 12.1 Å². The van der Waals surface area contributed by atoms with Gasteiger partial charge in [-0.25, -0.2) is 4.39 Å². The summed E-state index contributed by atoms with van der Waals surface area (Å²) >= 11 is 3.26. The SMILES string of the molecule is CN(C)C1(C(Cc2ccc(F)c(Br)c2)NN)CCCCC1. The second-order valence-corrected chi connectivity index (χ2v) is 7.08. The lowest BCUT2D eigenvalue weighted by atomic mass is 9.73. The van der Waals surface area contributed by atoms with E-state index in [4.69, 9.17) is 5.84 Å². The fourth-order valence-corrected chi connectivity index (χ4v) is 4.00. The number of hydrogen-bond acceptors (Lipinski definition) is 3. The van der Waals surface area contributed by atoms with Gasteiger partial charge in [0.15, 0.2) is 0 Å². The summed E-state index contributed by atoms with van der Waals surface area (Å²) < 4.78 is 13.9. The van der Waals surface area contributed by atoms with Crippen molar-refractivity contribution in [1.82, 2.24) is 10.3 Å². The van der Waals surface area contributed by atoms with Crippen LogP contribution in [-0.4, -0.2) is 30.6 Å². The molecule has 5 heteroatoms. The number of benzene rings is 1. The van der Waals surface area contributed by atoms with E-state index >= 15 is 0 Å². The molecule has 1 aromatic rings. The second kappa shape index (κ2) is 7.18. The molecule has 0 aromatic heterocycles. The van der Waals surface area contributed by atoms with E-state index in [1.54, 1.807) is 0 Å². The van der Waals surface area contributed by atoms with Crippen LogP contribution in [0.15, 0.2) is 22.7 Å². The van der Waals surface area contributed by atoms with Crippen LogP contribution in [0.3, 0.4) is 0 Å². The molecule has 0 saturated heterocycles. The third-order valence-electron chi connectivity index (χ3n) is 4.88. The van der Waals surface area contributed by atoms with Crippen LogP contribution in [0.5, 0.6) is 0 Å². The van der Waals surface area contributed by atoms with Crippen LogP contribution in [0.25, 0.3) is 0 Å². The van der Waals surface area contributed by atoms with E-state index in [-0.39, 0.29) is 17.4 Å². The highest BCUT2D eigenvalue weighted by Crippen LogP contribution is 2.36. The maximum Gasteiger partial charge on any atom is 0.137 e. The average Bonchev–Trinajstić information content (AvgIpc) is 2.49. The molecular weight excluding hydrogens is 333 g/mol. The molecule has 0 bridgehead atoms. The summed E-state index contributed by atoms with van der Waals surface area (Å²) in [7, 11) is 4.27. The summed E-state index contributed by atoms with van der Waals surface area (Å²) in [6.45, 7) is 0. The number of nitrogens with one attached hydrogen (secondary N) is 1. The quantitative estimate of drug-likeness (QED) is 0.627. The molecule has 0 amide bonds. The van der Waals surface area contributed by atoms with Gasteiger partial charge in [0.05, 0.1) is 4.47 Å². The van der Waals surface area contributed by atoms with Gasteiger partial charge >= 0.3 is 0 Å². The Morgan fingerprint density at radius 3 is 2.52 bits per heavy atom. The number of likely N-dealkylation sites (N-methyl/N-ethyl adjacent to an activating group) is 1. The topological polar surface area (TPSA) is 41.3 Å². The third kappa shape index (κ3) is 3.65. The summed E-state index contributed by atoms with van der Waals surface area (Å²) in [5, 5.41) is 0. The van der Waals surface area contributed by atoms with E-state index < -0.39 is 0 Å². The van der Waals surface area contributed by atoms with E-state index in [9.17, 15) is 4.39 Å².